The summed E-state index contributed by atoms with van der Waals surface area (Å²) in [6.45, 7) is 3.94. The van der Waals surface area contributed by atoms with Crippen molar-refractivity contribution in [2.75, 3.05) is 14.2 Å². The van der Waals surface area contributed by atoms with Crippen LogP contribution in [0.2, 0.25) is 0 Å². The lowest BCUT2D eigenvalue weighted by molar-refractivity contribution is 0.387. The molecule has 0 saturated carbocycles. The molecule has 0 spiro atoms. The largest absolute Gasteiger partial charge is 0.496 e. The van der Waals surface area contributed by atoms with E-state index in [2.05, 4.69) is 5.92 Å². The zero-order valence-corrected chi connectivity index (χ0v) is 9.63. The highest BCUT2D eigenvalue weighted by Gasteiger charge is 2.11. The molecule has 80 valence electrons. The van der Waals surface area contributed by atoms with Crippen LogP contribution in [0.4, 0.5) is 0 Å². The fourth-order valence-electron chi connectivity index (χ4n) is 1.45. The maximum atomic E-state index is 5.39. The van der Waals surface area contributed by atoms with Crippen LogP contribution in [0, 0.1) is 19.3 Å². The Morgan fingerprint density at radius 1 is 1.20 bits per heavy atom. The van der Waals surface area contributed by atoms with E-state index in [4.69, 9.17) is 15.9 Å². The average molecular weight is 204 g/mol. The molecule has 0 N–H and O–H groups in total. The Bertz CT molecular complexity index is 363. The van der Waals surface area contributed by atoms with Crippen LogP contribution in [0.3, 0.4) is 0 Å². The Balaban J connectivity index is 3.28. The summed E-state index contributed by atoms with van der Waals surface area (Å²) in [6, 6.07) is 3.92. The van der Waals surface area contributed by atoms with Gasteiger partial charge in [-0.2, -0.15) is 0 Å². The minimum absolute atomic E-state index is 0.0633. The molecule has 1 unspecified atom stereocenters. The second-order valence-electron chi connectivity index (χ2n) is 3.44. The molecule has 0 fully saturated rings. The topological polar surface area (TPSA) is 18.5 Å². The van der Waals surface area contributed by atoms with Crippen molar-refractivity contribution in [1.82, 2.24) is 0 Å². The van der Waals surface area contributed by atoms with Gasteiger partial charge in [-0.05, 0) is 31.5 Å². The highest BCUT2D eigenvalue weighted by molar-refractivity contribution is 5.49. The van der Waals surface area contributed by atoms with Gasteiger partial charge in [-0.3, -0.25) is 0 Å². The molecule has 0 bridgehead atoms. The normalized spacial score (nSPS) is 11.7. The van der Waals surface area contributed by atoms with Crippen LogP contribution in [0.5, 0.6) is 11.5 Å². The fourth-order valence-corrected chi connectivity index (χ4v) is 1.45. The van der Waals surface area contributed by atoms with E-state index in [-0.39, 0.29) is 5.92 Å². The first-order valence-electron chi connectivity index (χ1n) is 4.82. The van der Waals surface area contributed by atoms with Crippen LogP contribution in [-0.4, -0.2) is 14.2 Å². The first-order valence-corrected chi connectivity index (χ1v) is 4.82. The molecule has 0 amide bonds. The summed E-state index contributed by atoms with van der Waals surface area (Å²) in [7, 11) is 3.29. The highest BCUT2D eigenvalue weighted by atomic mass is 16.5. The van der Waals surface area contributed by atoms with Crippen molar-refractivity contribution >= 4 is 0 Å². The van der Waals surface area contributed by atoms with Gasteiger partial charge in [0.25, 0.3) is 0 Å². The lowest BCUT2D eigenvalue weighted by Gasteiger charge is -2.13. The summed E-state index contributed by atoms with van der Waals surface area (Å²) in [4.78, 5) is 0. The van der Waals surface area contributed by atoms with Crippen LogP contribution < -0.4 is 9.47 Å². The molecule has 1 aromatic rings. The third-order valence-corrected chi connectivity index (χ3v) is 2.52. The third kappa shape index (κ3) is 2.24. The van der Waals surface area contributed by atoms with E-state index in [1.165, 1.54) is 0 Å². The molecule has 2 heteroatoms. The third-order valence-electron chi connectivity index (χ3n) is 2.52. The number of rotatable bonds is 3. The van der Waals surface area contributed by atoms with Crippen molar-refractivity contribution in [3.8, 4) is 23.8 Å². The molecular weight excluding hydrogens is 188 g/mol. The predicted molar refractivity (Wildman–Crippen MR) is 61.5 cm³/mol. The smallest absolute Gasteiger partial charge is 0.125 e. The van der Waals surface area contributed by atoms with Crippen molar-refractivity contribution in [2.24, 2.45) is 0 Å². The van der Waals surface area contributed by atoms with E-state index in [0.717, 1.165) is 22.6 Å². The van der Waals surface area contributed by atoms with E-state index in [1.54, 1.807) is 14.2 Å². The summed E-state index contributed by atoms with van der Waals surface area (Å²) in [6.07, 6.45) is 5.39. The molecule has 15 heavy (non-hydrogen) atoms. The van der Waals surface area contributed by atoms with Gasteiger partial charge in [0.1, 0.15) is 11.5 Å². The Morgan fingerprint density at radius 2 is 1.67 bits per heavy atom. The molecule has 0 heterocycles. The minimum Gasteiger partial charge on any atom is -0.496 e. The van der Waals surface area contributed by atoms with Crippen LogP contribution in [0.25, 0.3) is 0 Å². The van der Waals surface area contributed by atoms with Gasteiger partial charge < -0.3 is 9.47 Å². The lowest BCUT2D eigenvalue weighted by Crippen LogP contribution is -1.97. The fraction of sp³-hybridized carbons (Fsp3) is 0.385. The minimum atomic E-state index is 0.0633. The summed E-state index contributed by atoms with van der Waals surface area (Å²) in [5.41, 5.74) is 2.03. The SMILES string of the molecule is C#CC(C)c1cc(OC)c(C)c(OC)c1. The number of hydrogen-bond donors (Lipinski definition) is 0. The number of methoxy groups -OCH3 is 2. The monoisotopic (exact) mass is 204 g/mol. The molecule has 1 rings (SSSR count). The zero-order valence-electron chi connectivity index (χ0n) is 9.63. The second kappa shape index (κ2) is 4.75. The molecule has 0 saturated heterocycles. The Kier molecular flexibility index (Phi) is 3.62. The van der Waals surface area contributed by atoms with Crippen molar-refractivity contribution < 1.29 is 9.47 Å². The maximum absolute atomic E-state index is 5.39. The van der Waals surface area contributed by atoms with Gasteiger partial charge in [0.05, 0.1) is 14.2 Å². The number of terminal acetylenes is 1. The van der Waals surface area contributed by atoms with Gasteiger partial charge in [-0.1, -0.05) is 5.92 Å². The summed E-state index contributed by atoms with van der Waals surface area (Å²) >= 11 is 0. The van der Waals surface area contributed by atoms with Crippen molar-refractivity contribution in [3.63, 3.8) is 0 Å². The Labute approximate surface area is 91.2 Å². The lowest BCUT2D eigenvalue weighted by atomic mass is 9.99. The average Bonchev–Trinajstić information content (AvgIpc) is 2.28. The van der Waals surface area contributed by atoms with Crippen LogP contribution in [0.1, 0.15) is 24.0 Å². The van der Waals surface area contributed by atoms with Gasteiger partial charge in [-0.15, -0.1) is 6.42 Å². The van der Waals surface area contributed by atoms with E-state index in [1.807, 2.05) is 26.0 Å². The standard InChI is InChI=1S/C13H16O2/c1-6-9(2)11-7-12(14-4)10(3)13(8-11)15-5/h1,7-9H,2-5H3. The molecule has 1 atom stereocenters. The quantitative estimate of drug-likeness (QED) is 0.705. The molecule has 0 aliphatic rings. The zero-order chi connectivity index (χ0) is 11.4. The molecular formula is C13H16O2. The van der Waals surface area contributed by atoms with Gasteiger partial charge in [0.15, 0.2) is 0 Å². The summed E-state index contributed by atoms with van der Waals surface area (Å²) in [5, 5.41) is 0. The van der Waals surface area contributed by atoms with E-state index >= 15 is 0 Å². The Morgan fingerprint density at radius 3 is 2.00 bits per heavy atom. The van der Waals surface area contributed by atoms with Crippen LogP contribution >= 0.6 is 0 Å². The van der Waals surface area contributed by atoms with Crippen molar-refractivity contribution in [1.29, 1.82) is 0 Å². The van der Waals surface area contributed by atoms with Crippen molar-refractivity contribution in [3.05, 3.63) is 23.3 Å². The Hall–Kier alpha value is -1.62. The second-order valence-corrected chi connectivity index (χ2v) is 3.44. The first-order chi connectivity index (χ1) is 7.13. The van der Waals surface area contributed by atoms with Crippen LogP contribution in [-0.2, 0) is 0 Å². The highest BCUT2D eigenvalue weighted by Crippen LogP contribution is 2.32. The number of ether oxygens (including phenoxy) is 2. The van der Waals surface area contributed by atoms with Gasteiger partial charge in [-0.25, -0.2) is 0 Å². The van der Waals surface area contributed by atoms with Gasteiger partial charge >= 0.3 is 0 Å². The van der Waals surface area contributed by atoms with Gasteiger partial charge in [0.2, 0.25) is 0 Å². The predicted octanol–water partition coefficient (Wildman–Crippen LogP) is 2.75. The molecule has 0 aromatic heterocycles. The van der Waals surface area contributed by atoms with Crippen molar-refractivity contribution in [2.45, 2.75) is 19.8 Å². The number of benzene rings is 1. The molecule has 1 aromatic carbocycles. The summed E-state index contributed by atoms with van der Waals surface area (Å²) in [5.74, 6) is 4.38. The van der Waals surface area contributed by atoms with Gasteiger partial charge in [0, 0.05) is 11.5 Å². The van der Waals surface area contributed by atoms with E-state index < -0.39 is 0 Å². The molecule has 2 nitrogen and oxygen atoms in total. The molecule has 0 radical (unpaired) electrons. The van der Waals surface area contributed by atoms with Crippen LogP contribution in [0.15, 0.2) is 12.1 Å². The molecule has 0 aliphatic carbocycles. The number of hydrogen-bond acceptors (Lipinski definition) is 2. The summed E-state index contributed by atoms with van der Waals surface area (Å²) < 4.78 is 10.5. The first kappa shape index (κ1) is 11.5. The molecule has 0 aliphatic heterocycles. The van der Waals surface area contributed by atoms with E-state index in [0.29, 0.717) is 0 Å². The van der Waals surface area contributed by atoms with E-state index in [9.17, 15) is 0 Å². The maximum Gasteiger partial charge on any atom is 0.125 e.